The Morgan fingerprint density at radius 3 is 2.45 bits per heavy atom. The molecule has 29 heavy (non-hydrogen) atoms. The van der Waals surface area contributed by atoms with E-state index in [1.165, 1.54) is 12.1 Å². The number of nitrogens with zero attached hydrogens (tertiary/aromatic N) is 3. The number of anilines is 2. The first-order valence-electron chi connectivity index (χ1n) is 9.79. The molecule has 156 valence electrons. The Morgan fingerprint density at radius 2 is 1.69 bits per heavy atom. The quantitative estimate of drug-likeness (QED) is 0.629. The minimum atomic E-state index is -4.31. The average molecular weight is 470 g/mol. The third kappa shape index (κ3) is 4.65. The van der Waals surface area contributed by atoms with E-state index in [0.29, 0.717) is 11.1 Å². The van der Waals surface area contributed by atoms with Gasteiger partial charge in [0.1, 0.15) is 0 Å². The van der Waals surface area contributed by atoms with E-state index in [4.69, 9.17) is 0 Å². The Hall–Kier alpha value is -1.89. The van der Waals surface area contributed by atoms with Crippen LogP contribution in [0.1, 0.15) is 12.0 Å². The fraction of sp³-hybridized carbons (Fsp3) is 0.429. The molecule has 0 aromatic heterocycles. The van der Waals surface area contributed by atoms with E-state index in [2.05, 4.69) is 9.80 Å². The Kier molecular flexibility index (Phi) is 5.95. The van der Waals surface area contributed by atoms with E-state index in [9.17, 15) is 17.0 Å². The summed E-state index contributed by atoms with van der Waals surface area (Å²) in [5, 5.41) is 0. The Labute approximate surface area is 173 Å². The maximum absolute atomic E-state index is 12.9. The molecule has 2 aromatic carbocycles. The second-order valence-electron chi connectivity index (χ2n) is 7.44. The summed E-state index contributed by atoms with van der Waals surface area (Å²) in [6, 6.07) is 13.5. The van der Waals surface area contributed by atoms with Crippen LogP contribution in [-0.2, 0) is 10.0 Å². The Balaban J connectivity index is 1.26. The normalized spacial score (nSPS) is 20.2. The van der Waals surface area contributed by atoms with Gasteiger partial charge in [-0.05, 0) is 6.07 Å². The molecule has 0 spiro atoms. The molecule has 0 aliphatic carbocycles. The van der Waals surface area contributed by atoms with Crippen molar-refractivity contribution in [1.29, 1.82) is 0 Å². The van der Waals surface area contributed by atoms with E-state index < -0.39 is 25.6 Å². The number of hydrogen-bond acceptors (Lipinski definition) is 4. The van der Waals surface area contributed by atoms with Crippen LogP contribution in [0, 0.1) is 0 Å². The number of alkyl halides is 3. The van der Waals surface area contributed by atoms with Crippen LogP contribution in [-0.4, -0.2) is 63.4 Å². The molecule has 0 saturated carbocycles. The minimum absolute atomic E-state index is 0.594. The number of piperazine rings is 1. The van der Waals surface area contributed by atoms with Gasteiger partial charge in [-0.15, -0.1) is 0 Å². The van der Waals surface area contributed by atoms with E-state index in [-0.39, 0.29) is 0 Å². The SMILES string of the molecule is O=[Se]1CN(CCCN2CCN(c3cccc(C(F)(F)F)c3)CC2)c2ccccc21. The molecule has 1 unspecified atom stereocenters. The van der Waals surface area contributed by atoms with Crippen LogP contribution >= 0.6 is 0 Å². The molecule has 0 N–H and O–H groups in total. The van der Waals surface area contributed by atoms with Crippen LogP contribution in [0.4, 0.5) is 24.5 Å². The molecule has 1 atom stereocenters. The standard InChI is InChI=1S/C21H24F3N3OSe/c22-21(23,24)17-5-3-6-18(15-17)26-13-11-25(12-14-26)9-4-10-27-16-29(28)20-8-2-1-7-19(20)27/h1-3,5-8,15H,4,9-14,16H2. The van der Waals surface area contributed by atoms with Crippen molar-refractivity contribution in [2.24, 2.45) is 0 Å². The summed E-state index contributed by atoms with van der Waals surface area (Å²) in [5.41, 5.74) is 1.81. The topological polar surface area (TPSA) is 26.8 Å². The third-order valence-corrected chi connectivity index (χ3v) is 8.44. The molecule has 2 aromatic rings. The number of benzene rings is 2. The predicted octanol–water partition coefficient (Wildman–Crippen LogP) is 2.91. The molecule has 0 radical (unpaired) electrons. The summed E-state index contributed by atoms with van der Waals surface area (Å²) in [7, 11) is 0. The van der Waals surface area contributed by atoms with Crippen molar-refractivity contribution >= 4 is 29.7 Å². The van der Waals surface area contributed by atoms with E-state index in [0.717, 1.165) is 61.9 Å². The molecule has 4 nitrogen and oxygen atoms in total. The van der Waals surface area contributed by atoms with Crippen LogP contribution in [0.15, 0.2) is 48.5 Å². The monoisotopic (exact) mass is 471 g/mol. The zero-order chi connectivity index (χ0) is 20.4. The van der Waals surface area contributed by atoms with Gasteiger partial charge < -0.3 is 0 Å². The van der Waals surface area contributed by atoms with Crippen molar-refractivity contribution < 1.29 is 17.0 Å². The number of fused-ring (bicyclic) bond motifs is 1. The first kappa shape index (κ1) is 20.4. The van der Waals surface area contributed by atoms with Crippen molar-refractivity contribution in [2.75, 3.05) is 54.5 Å². The predicted molar refractivity (Wildman–Crippen MR) is 109 cm³/mol. The van der Waals surface area contributed by atoms with E-state index in [1.54, 1.807) is 6.07 Å². The third-order valence-electron chi connectivity index (χ3n) is 5.54. The molecular formula is C21H24F3N3OSe. The van der Waals surface area contributed by atoms with Crippen molar-refractivity contribution in [3.63, 3.8) is 0 Å². The van der Waals surface area contributed by atoms with Gasteiger partial charge >= 0.3 is 154 Å². The Morgan fingerprint density at radius 1 is 0.931 bits per heavy atom. The number of para-hydroxylation sites is 1. The molecule has 4 rings (SSSR count). The van der Waals surface area contributed by atoms with Gasteiger partial charge in [-0.2, -0.15) is 13.2 Å². The molecule has 1 saturated heterocycles. The van der Waals surface area contributed by atoms with Gasteiger partial charge in [-0.1, -0.05) is 0 Å². The van der Waals surface area contributed by atoms with Gasteiger partial charge in [0, 0.05) is 0 Å². The zero-order valence-electron chi connectivity index (χ0n) is 16.1. The summed E-state index contributed by atoms with van der Waals surface area (Å²) >= 11 is -1.93. The van der Waals surface area contributed by atoms with Crippen LogP contribution in [0.25, 0.3) is 0 Å². The van der Waals surface area contributed by atoms with Crippen LogP contribution in [0.5, 0.6) is 0 Å². The van der Waals surface area contributed by atoms with Gasteiger partial charge in [0.15, 0.2) is 0 Å². The zero-order valence-corrected chi connectivity index (χ0v) is 17.8. The molecule has 8 heteroatoms. The molecule has 1 fully saturated rings. The van der Waals surface area contributed by atoms with Crippen molar-refractivity contribution in [2.45, 2.75) is 12.6 Å². The first-order chi connectivity index (χ1) is 13.9. The fourth-order valence-electron chi connectivity index (χ4n) is 3.97. The van der Waals surface area contributed by atoms with Crippen LogP contribution < -0.4 is 14.3 Å². The van der Waals surface area contributed by atoms with Crippen LogP contribution in [0.3, 0.4) is 0 Å². The van der Waals surface area contributed by atoms with E-state index >= 15 is 0 Å². The summed E-state index contributed by atoms with van der Waals surface area (Å²) in [4.78, 5) is 6.61. The second-order valence-corrected chi connectivity index (χ2v) is 10.4. The van der Waals surface area contributed by atoms with Crippen molar-refractivity contribution in [3.8, 4) is 0 Å². The summed E-state index contributed by atoms with van der Waals surface area (Å²) in [6.45, 7) is 4.95. The van der Waals surface area contributed by atoms with E-state index in [1.807, 2.05) is 29.2 Å². The van der Waals surface area contributed by atoms with Crippen molar-refractivity contribution in [1.82, 2.24) is 4.90 Å². The summed E-state index contributed by atoms with van der Waals surface area (Å²) in [6.07, 6.45) is -3.32. The first-order valence-corrected chi connectivity index (χ1v) is 12.6. The van der Waals surface area contributed by atoms with Crippen LogP contribution in [0.2, 0.25) is 0 Å². The van der Waals surface area contributed by atoms with Crippen molar-refractivity contribution in [3.05, 3.63) is 54.1 Å². The van der Waals surface area contributed by atoms with Gasteiger partial charge in [0.05, 0.1) is 0 Å². The average Bonchev–Trinajstić information content (AvgIpc) is 3.04. The number of rotatable bonds is 5. The van der Waals surface area contributed by atoms with Gasteiger partial charge in [-0.25, -0.2) is 0 Å². The molecule has 2 heterocycles. The summed E-state index contributed by atoms with van der Waals surface area (Å²) in [5.74, 6) is 0. The van der Waals surface area contributed by atoms with Gasteiger partial charge in [0.25, 0.3) is 0 Å². The molecule has 2 aliphatic rings. The fourth-order valence-corrected chi connectivity index (χ4v) is 6.81. The second kappa shape index (κ2) is 8.46. The molecule has 0 amide bonds. The molecular weight excluding hydrogens is 446 g/mol. The number of hydrogen-bond donors (Lipinski definition) is 0. The summed E-state index contributed by atoms with van der Waals surface area (Å²) < 4.78 is 52.1. The molecule has 2 aliphatic heterocycles. The van der Waals surface area contributed by atoms with Gasteiger partial charge in [0.2, 0.25) is 0 Å². The molecule has 0 bridgehead atoms. The maximum atomic E-state index is 12.9. The Bertz CT molecular complexity index is 881. The van der Waals surface area contributed by atoms with Gasteiger partial charge in [-0.3, -0.25) is 0 Å². The number of halogens is 3.